The van der Waals surface area contributed by atoms with Crippen LogP contribution in [0.15, 0.2) is 18.2 Å². The summed E-state index contributed by atoms with van der Waals surface area (Å²) in [4.78, 5) is 0. The predicted molar refractivity (Wildman–Crippen MR) is 62.7 cm³/mol. The molecule has 0 heterocycles. The molecule has 1 aromatic rings. The Morgan fingerprint density at radius 1 is 1.39 bits per heavy atom. The van der Waals surface area contributed by atoms with Gasteiger partial charge < -0.3 is 5.11 Å². The van der Waals surface area contributed by atoms with Gasteiger partial charge in [0.1, 0.15) is 5.60 Å². The maximum Gasteiger partial charge on any atom is 0.164 e. The highest BCUT2D eigenvalue weighted by molar-refractivity contribution is 7.91. The summed E-state index contributed by atoms with van der Waals surface area (Å²) in [5.74, 6) is -2.25. The van der Waals surface area contributed by atoms with Crippen molar-refractivity contribution >= 4 is 9.84 Å². The zero-order chi connectivity index (χ0) is 13.6. The Balaban J connectivity index is 2.57. The average Bonchev–Trinajstić information content (AvgIpc) is 2.65. The molecule has 1 aliphatic carbocycles. The van der Waals surface area contributed by atoms with Crippen molar-refractivity contribution in [2.45, 2.75) is 30.1 Å². The second-order valence-corrected chi connectivity index (χ2v) is 6.96. The summed E-state index contributed by atoms with van der Waals surface area (Å²) in [6, 6.07) is 3.44. The average molecular weight is 276 g/mol. The fraction of sp³-hybridized carbons (Fsp3) is 0.500. The van der Waals surface area contributed by atoms with Crippen LogP contribution in [0.5, 0.6) is 0 Å². The molecule has 1 fully saturated rings. The van der Waals surface area contributed by atoms with Crippen molar-refractivity contribution in [1.82, 2.24) is 0 Å². The van der Waals surface area contributed by atoms with E-state index in [1.165, 1.54) is 12.1 Å². The summed E-state index contributed by atoms with van der Waals surface area (Å²) in [7, 11) is -3.53. The maximum absolute atomic E-state index is 13.7. The van der Waals surface area contributed by atoms with Gasteiger partial charge in [-0.3, -0.25) is 0 Å². The molecule has 1 saturated carbocycles. The molecular weight excluding hydrogens is 262 g/mol. The Labute approximate surface area is 104 Å². The van der Waals surface area contributed by atoms with Crippen LogP contribution < -0.4 is 0 Å². The smallest absolute Gasteiger partial charge is 0.164 e. The molecule has 0 saturated heterocycles. The molecular formula is C12H14F2O3S. The number of sulfone groups is 1. The van der Waals surface area contributed by atoms with Crippen LogP contribution in [0.2, 0.25) is 0 Å². The number of aliphatic hydroxyl groups is 1. The minimum Gasteiger partial charge on any atom is -0.384 e. The number of hydrogen-bond donors (Lipinski definition) is 1. The summed E-state index contributed by atoms with van der Waals surface area (Å²) in [5.41, 5.74) is -2.10. The minimum atomic E-state index is -3.53. The van der Waals surface area contributed by atoms with Crippen LogP contribution in [0.4, 0.5) is 8.78 Å². The summed E-state index contributed by atoms with van der Waals surface area (Å²) in [6.45, 7) is 0. The molecule has 1 aliphatic rings. The van der Waals surface area contributed by atoms with E-state index >= 15 is 0 Å². The molecule has 6 heteroatoms. The molecule has 0 bridgehead atoms. The maximum atomic E-state index is 13.7. The van der Waals surface area contributed by atoms with Crippen LogP contribution in [-0.4, -0.2) is 25.0 Å². The second-order valence-electron chi connectivity index (χ2n) is 4.74. The van der Waals surface area contributed by atoms with Gasteiger partial charge in [-0.05, 0) is 25.3 Å². The Bertz CT molecular complexity index is 571. The van der Waals surface area contributed by atoms with Crippen molar-refractivity contribution in [2.24, 2.45) is 0 Å². The molecule has 2 atom stereocenters. The van der Waals surface area contributed by atoms with Gasteiger partial charge >= 0.3 is 0 Å². The molecule has 0 spiro atoms. The molecule has 1 aromatic carbocycles. The third kappa shape index (κ3) is 2.03. The van der Waals surface area contributed by atoms with E-state index in [4.69, 9.17) is 0 Å². The molecule has 0 aliphatic heterocycles. The normalized spacial score (nSPS) is 28.6. The van der Waals surface area contributed by atoms with Gasteiger partial charge in [0.05, 0.1) is 5.25 Å². The Morgan fingerprint density at radius 3 is 2.67 bits per heavy atom. The first kappa shape index (κ1) is 13.4. The van der Waals surface area contributed by atoms with Gasteiger partial charge in [0, 0.05) is 11.8 Å². The third-order valence-electron chi connectivity index (χ3n) is 3.49. The minimum absolute atomic E-state index is 0.116. The Morgan fingerprint density at radius 2 is 2.06 bits per heavy atom. The van der Waals surface area contributed by atoms with E-state index in [1.807, 2.05) is 0 Å². The summed E-state index contributed by atoms with van der Waals surface area (Å²) < 4.78 is 50.2. The van der Waals surface area contributed by atoms with Crippen LogP contribution in [0.3, 0.4) is 0 Å². The lowest BCUT2D eigenvalue weighted by Crippen LogP contribution is -2.40. The van der Waals surface area contributed by atoms with E-state index in [9.17, 15) is 22.3 Å². The van der Waals surface area contributed by atoms with Crippen LogP contribution in [0, 0.1) is 11.6 Å². The molecule has 100 valence electrons. The van der Waals surface area contributed by atoms with Gasteiger partial charge in [-0.2, -0.15) is 0 Å². The molecule has 3 nitrogen and oxygen atoms in total. The van der Waals surface area contributed by atoms with Gasteiger partial charge in [-0.25, -0.2) is 17.2 Å². The first-order chi connectivity index (χ1) is 8.27. The quantitative estimate of drug-likeness (QED) is 0.895. The first-order valence-electron chi connectivity index (χ1n) is 5.62. The number of rotatable bonds is 2. The van der Waals surface area contributed by atoms with Crippen LogP contribution in [-0.2, 0) is 15.4 Å². The largest absolute Gasteiger partial charge is 0.384 e. The standard InChI is InChI=1S/C12H14F2O3S/c1-18(16,17)10-6-3-7-12(10,15)8-4-2-5-9(13)11(8)14/h2,4-5,10,15H,3,6-7H2,1H3. The molecule has 2 unspecified atom stereocenters. The van der Waals surface area contributed by atoms with E-state index in [0.717, 1.165) is 12.3 Å². The highest BCUT2D eigenvalue weighted by Crippen LogP contribution is 2.43. The van der Waals surface area contributed by atoms with E-state index in [1.54, 1.807) is 0 Å². The van der Waals surface area contributed by atoms with E-state index in [2.05, 4.69) is 0 Å². The van der Waals surface area contributed by atoms with Gasteiger partial charge in [-0.1, -0.05) is 12.1 Å². The molecule has 0 amide bonds. The zero-order valence-electron chi connectivity index (χ0n) is 9.86. The van der Waals surface area contributed by atoms with E-state index < -0.39 is 32.3 Å². The SMILES string of the molecule is CS(=O)(=O)C1CCCC1(O)c1cccc(F)c1F. The number of benzene rings is 1. The van der Waals surface area contributed by atoms with Crippen LogP contribution in [0.25, 0.3) is 0 Å². The lowest BCUT2D eigenvalue weighted by Gasteiger charge is -2.29. The molecule has 2 rings (SSSR count). The van der Waals surface area contributed by atoms with Crippen molar-refractivity contribution in [2.75, 3.05) is 6.26 Å². The topological polar surface area (TPSA) is 54.4 Å². The Kier molecular flexibility index (Phi) is 3.19. The van der Waals surface area contributed by atoms with Crippen LogP contribution in [0.1, 0.15) is 24.8 Å². The Hall–Kier alpha value is -1.01. The first-order valence-corrected chi connectivity index (χ1v) is 7.58. The molecule has 0 aromatic heterocycles. The van der Waals surface area contributed by atoms with Gasteiger partial charge in [-0.15, -0.1) is 0 Å². The van der Waals surface area contributed by atoms with Crippen molar-refractivity contribution in [1.29, 1.82) is 0 Å². The highest BCUT2D eigenvalue weighted by atomic mass is 32.2. The highest BCUT2D eigenvalue weighted by Gasteiger charge is 2.49. The summed E-state index contributed by atoms with van der Waals surface area (Å²) in [6.07, 6.45) is 1.84. The van der Waals surface area contributed by atoms with Gasteiger partial charge in [0.2, 0.25) is 0 Å². The summed E-state index contributed by atoms with van der Waals surface area (Å²) in [5, 5.41) is 9.40. The van der Waals surface area contributed by atoms with Crippen molar-refractivity contribution < 1.29 is 22.3 Å². The van der Waals surface area contributed by atoms with Crippen molar-refractivity contribution in [3.63, 3.8) is 0 Å². The summed E-state index contributed by atoms with van der Waals surface area (Å²) >= 11 is 0. The van der Waals surface area contributed by atoms with E-state index in [0.29, 0.717) is 6.42 Å². The molecule has 1 N–H and O–H groups in total. The van der Waals surface area contributed by atoms with Gasteiger partial charge in [0.25, 0.3) is 0 Å². The second kappa shape index (κ2) is 4.28. The third-order valence-corrected chi connectivity index (χ3v) is 5.15. The number of hydrogen-bond acceptors (Lipinski definition) is 3. The monoisotopic (exact) mass is 276 g/mol. The number of halogens is 2. The van der Waals surface area contributed by atoms with Crippen LogP contribution >= 0.6 is 0 Å². The molecule has 18 heavy (non-hydrogen) atoms. The predicted octanol–water partition coefficient (Wildman–Crippen LogP) is 1.75. The van der Waals surface area contributed by atoms with Gasteiger partial charge in [0.15, 0.2) is 21.5 Å². The zero-order valence-corrected chi connectivity index (χ0v) is 10.7. The fourth-order valence-electron chi connectivity index (χ4n) is 2.67. The molecule has 0 radical (unpaired) electrons. The van der Waals surface area contributed by atoms with Crippen molar-refractivity contribution in [3.8, 4) is 0 Å². The lowest BCUT2D eigenvalue weighted by molar-refractivity contribution is 0.0432. The fourth-order valence-corrected chi connectivity index (χ4v) is 4.22. The van der Waals surface area contributed by atoms with Crippen molar-refractivity contribution in [3.05, 3.63) is 35.4 Å². The van der Waals surface area contributed by atoms with E-state index in [-0.39, 0.29) is 18.4 Å². The lowest BCUT2D eigenvalue weighted by atomic mass is 9.91.